The molecule has 0 bridgehead atoms. The zero-order chi connectivity index (χ0) is 21.3. The molecule has 30 heavy (non-hydrogen) atoms. The van der Waals surface area contributed by atoms with E-state index in [9.17, 15) is 9.59 Å². The van der Waals surface area contributed by atoms with Crippen molar-refractivity contribution in [2.75, 3.05) is 10.2 Å². The van der Waals surface area contributed by atoms with Gasteiger partial charge in [-0.1, -0.05) is 48.9 Å². The van der Waals surface area contributed by atoms with Gasteiger partial charge in [0.2, 0.25) is 16.9 Å². The van der Waals surface area contributed by atoms with Crippen LogP contribution in [0.15, 0.2) is 41.8 Å². The van der Waals surface area contributed by atoms with Gasteiger partial charge in [-0.2, -0.15) is 0 Å². The number of aromatic nitrogens is 2. The third-order valence-corrected chi connectivity index (χ3v) is 7.33. The van der Waals surface area contributed by atoms with Crippen LogP contribution >= 0.6 is 22.7 Å². The molecular formula is C22H24N4O2S2. The minimum Gasteiger partial charge on any atom is -0.303 e. The molecule has 2 unspecified atom stereocenters. The SMILES string of the molecule is Cc1ccc(N2C(=O)CCC(C(=O)Nc3nnc(C(C)C)s3)C2c2cccs2)cc1. The number of carbonyl (C=O) groups excluding carboxylic acids is 2. The molecule has 1 aliphatic rings. The molecule has 0 radical (unpaired) electrons. The number of aryl methyl sites for hydroxylation is 1. The second kappa shape index (κ2) is 8.65. The van der Waals surface area contributed by atoms with Crippen molar-refractivity contribution in [1.82, 2.24) is 10.2 Å². The van der Waals surface area contributed by atoms with Crippen molar-refractivity contribution < 1.29 is 9.59 Å². The van der Waals surface area contributed by atoms with Crippen molar-refractivity contribution in [3.05, 3.63) is 57.2 Å². The van der Waals surface area contributed by atoms with Crippen LogP contribution in [0.5, 0.6) is 0 Å². The molecule has 6 nitrogen and oxygen atoms in total. The molecule has 0 saturated carbocycles. The van der Waals surface area contributed by atoms with E-state index in [1.165, 1.54) is 11.3 Å². The summed E-state index contributed by atoms with van der Waals surface area (Å²) in [5.41, 5.74) is 1.95. The van der Waals surface area contributed by atoms with Crippen LogP contribution in [-0.4, -0.2) is 22.0 Å². The van der Waals surface area contributed by atoms with Crippen LogP contribution in [0.1, 0.15) is 54.1 Å². The number of thiophene rings is 1. The van der Waals surface area contributed by atoms with Gasteiger partial charge in [0.15, 0.2) is 0 Å². The van der Waals surface area contributed by atoms with Gasteiger partial charge in [-0.05, 0) is 36.9 Å². The molecule has 156 valence electrons. The lowest BCUT2D eigenvalue weighted by Crippen LogP contribution is -2.46. The number of hydrogen-bond acceptors (Lipinski definition) is 6. The fourth-order valence-corrected chi connectivity index (χ4v) is 5.31. The molecule has 3 aromatic rings. The molecule has 1 aromatic carbocycles. The number of hydrogen-bond donors (Lipinski definition) is 1. The van der Waals surface area contributed by atoms with Crippen LogP contribution in [0, 0.1) is 12.8 Å². The fourth-order valence-electron chi connectivity index (χ4n) is 3.68. The maximum absolute atomic E-state index is 13.3. The van der Waals surface area contributed by atoms with Crippen molar-refractivity contribution in [3.63, 3.8) is 0 Å². The van der Waals surface area contributed by atoms with Crippen LogP contribution in [0.2, 0.25) is 0 Å². The number of nitrogens with zero attached hydrogens (tertiary/aromatic N) is 3. The number of rotatable bonds is 5. The smallest absolute Gasteiger partial charge is 0.231 e. The quantitative estimate of drug-likeness (QED) is 0.595. The highest BCUT2D eigenvalue weighted by atomic mass is 32.1. The molecule has 2 amide bonds. The van der Waals surface area contributed by atoms with Crippen molar-refractivity contribution in [2.45, 2.75) is 45.6 Å². The highest BCUT2D eigenvalue weighted by Crippen LogP contribution is 2.42. The number of benzene rings is 1. The van der Waals surface area contributed by atoms with Crippen molar-refractivity contribution in [1.29, 1.82) is 0 Å². The van der Waals surface area contributed by atoms with Gasteiger partial charge in [0.05, 0.1) is 12.0 Å². The van der Waals surface area contributed by atoms with E-state index in [0.29, 0.717) is 18.0 Å². The van der Waals surface area contributed by atoms with Crippen molar-refractivity contribution in [2.24, 2.45) is 5.92 Å². The number of nitrogens with one attached hydrogen (secondary N) is 1. The molecule has 8 heteroatoms. The minimum atomic E-state index is -0.367. The summed E-state index contributed by atoms with van der Waals surface area (Å²) in [5.74, 6) is -0.186. The Morgan fingerprint density at radius 2 is 1.97 bits per heavy atom. The van der Waals surface area contributed by atoms with Gasteiger partial charge in [-0.15, -0.1) is 21.5 Å². The highest BCUT2D eigenvalue weighted by Gasteiger charge is 2.42. The molecule has 0 spiro atoms. The monoisotopic (exact) mass is 440 g/mol. The predicted molar refractivity (Wildman–Crippen MR) is 121 cm³/mol. The molecule has 1 N–H and O–H groups in total. The Morgan fingerprint density at radius 3 is 2.60 bits per heavy atom. The third kappa shape index (κ3) is 4.15. The lowest BCUT2D eigenvalue weighted by atomic mass is 9.86. The summed E-state index contributed by atoms with van der Waals surface area (Å²) >= 11 is 2.97. The average molecular weight is 441 g/mol. The first kappa shape index (κ1) is 20.7. The summed E-state index contributed by atoms with van der Waals surface area (Å²) in [6, 6.07) is 11.5. The highest BCUT2D eigenvalue weighted by molar-refractivity contribution is 7.15. The maximum atomic E-state index is 13.3. The average Bonchev–Trinajstić information content (AvgIpc) is 3.40. The van der Waals surface area contributed by atoms with Crippen molar-refractivity contribution in [3.8, 4) is 0 Å². The first-order valence-electron chi connectivity index (χ1n) is 10.0. The van der Waals surface area contributed by atoms with E-state index in [1.54, 1.807) is 16.2 Å². The number of piperidine rings is 1. The van der Waals surface area contributed by atoms with E-state index < -0.39 is 0 Å². The summed E-state index contributed by atoms with van der Waals surface area (Å²) in [7, 11) is 0. The van der Waals surface area contributed by atoms with Crippen LogP contribution in [0.4, 0.5) is 10.8 Å². The molecule has 0 aliphatic carbocycles. The summed E-state index contributed by atoms with van der Waals surface area (Å²) in [6.45, 7) is 6.11. The summed E-state index contributed by atoms with van der Waals surface area (Å²) in [4.78, 5) is 29.0. The second-order valence-electron chi connectivity index (χ2n) is 7.79. The number of amides is 2. The van der Waals surface area contributed by atoms with Gasteiger partial charge in [0, 0.05) is 22.9 Å². The first-order chi connectivity index (χ1) is 14.4. The lowest BCUT2D eigenvalue weighted by Gasteiger charge is -2.40. The first-order valence-corrected chi connectivity index (χ1v) is 11.7. The van der Waals surface area contributed by atoms with E-state index in [4.69, 9.17) is 0 Å². The second-order valence-corrected chi connectivity index (χ2v) is 9.78. The third-order valence-electron chi connectivity index (χ3n) is 5.25. The normalized spacial score (nSPS) is 19.3. The molecular weight excluding hydrogens is 416 g/mol. The Labute approximate surface area is 184 Å². The molecule has 3 heterocycles. The summed E-state index contributed by atoms with van der Waals surface area (Å²) in [5, 5.41) is 14.6. The zero-order valence-electron chi connectivity index (χ0n) is 17.2. The van der Waals surface area contributed by atoms with E-state index in [1.807, 2.05) is 62.5 Å². The van der Waals surface area contributed by atoms with Gasteiger partial charge >= 0.3 is 0 Å². The Kier molecular flexibility index (Phi) is 5.97. The minimum absolute atomic E-state index is 0.0410. The van der Waals surface area contributed by atoms with Crippen molar-refractivity contribution >= 4 is 45.3 Å². The molecule has 4 rings (SSSR count). The topological polar surface area (TPSA) is 75.2 Å². The van der Waals surface area contributed by atoms with Crippen LogP contribution in [-0.2, 0) is 9.59 Å². The Bertz CT molecular complexity index is 1030. The fraction of sp³-hybridized carbons (Fsp3) is 0.364. The molecule has 1 saturated heterocycles. The summed E-state index contributed by atoms with van der Waals surface area (Å²) in [6.07, 6.45) is 0.840. The van der Waals surface area contributed by atoms with Gasteiger partial charge in [0.1, 0.15) is 5.01 Å². The van der Waals surface area contributed by atoms with Gasteiger partial charge < -0.3 is 10.2 Å². The van der Waals surface area contributed by atoms with Crippen LogP contribution in [0.25, 0.3) is 0 Å². The zero-order valence-corrected chi connectivity index (χ0v) is 18.8. The summed E-state index contributed by atoms with van der Waals surface area (Å²) < 4.78 is 0. The molecule has 1 aliphatic heterocycles. The van der Waals surface area contributed by atoms with Crippen LogP contribution < -0.4 is 10.2 Å². The lowest BCUT2D eigenvalue weighted by molar-refractivity contribution is -0.125. The van der Waals surface area contributed by atoms with Crippen LogP contribution in [0.3, 0.4) is 0 Å². The Hall–Kier alpha value is -2.58. The number of carbonyl (C=O) groups is 2. The van der Waals surface area contributed by atoms with E-state index in [0.717, 1.165) is 21.1 Å². The molecule has 2 aromatic heterocycles. The standard InChI is InChI=1S/C22H24N4O2S2/c1-13(2)21-24-25-22(30-21)23-20(28)16-10-11-18(27)26(15-8-6-14(3)7-9-15)19(16)17-5-4-12-29-17/h4-9,12-13,16,19H,10-11H2,1-3H3,(H,23,25,28). The van der Waals surface area contributed by atoms with Gasteiger partial charge in [0.25, 0.3) is 0 Å². The largest absolute Gasteiger partial charge is 0.303 e. The Balaban J connectivity index is 1.66. The van der Waals surface area contributed by atoms with E-state index >= 15 is 0 Å². The van der Waals surface area contributed by atoms with E-state index in [2.05, 4.69) is 15.5 Å². The molecule has 2 atom stereocenters. The van der Waals surface area contributed by atoms with Gasteiger partial charge in [-0.25, -0.2) is 0 Å². The number of anilines is 2. The predicted octanol–water partition coefficient (Wildman–Crippen LogP) is 5.15. The Morgan fingerprint density at radius 1 is 1.20 bits per heavy atom. The maximum Gasteiger partial charge on any atom is 0.231 e. The van der Waals surface area contributed by atoms with Gasteiger partial charge in [-0.3, -0.25) is 9.59 Å². The molecule has 1 fully saturated rings. The van der Waals surface area contributed by atoms with E-state index in [-0.39, 0.29) is 29.7 Å².